The van der Waals surface area contributed by atoms with E-state index in [0.717, 1.165) is 6.42 Å². The predicted molar refractivity (Wildman–Crippen MR) is 78.1 cm³/mol. The lowest BCUT2D eigenvalue weighted by Gasteiger charge is -2.11. The number of nitrogens with one attached hydrogen (secondary N) is 1. The molecule has 0 fully saturated rings. The van der Waals surface area contributed by atoms with E-state index in [0.29, 0.717) is 16.8 Å². The molecular formula is C14H20N4O3. The SMILES string of the molecule is CC[C@H](C)NC(=O)CCn1nc(C)c2c(C)onc2c1=O. The summed E-state index contributed by atoms with van der Waals surface area (Å²) in [5, 5.41) is 11.5. The molecule has 1 N–H and O–H groups in total. The smallest absolute Gasteiger partial charge is 0.296 e. The van der Waals surface area contributed by atoms with E-state index in [1.54, 1.807) is 13.8 Å². The molecule has 0 saturated heterocycles. The Hall–Kier alpha value is -2.18. The highest BCUT2D eigenvalue weighted by molar-refractivity contribution is 5.81. The van der Waals surface area contributed by atoms with Gasteiger partial charge in [-0.2, -0.15) is 5.10 Å². The van der Waals surface area contributed by atoms with Crippen LogP contribution in [0.1, 0.15) is 38.1 Å². The van der Waals surface area contributed by atoms with Crippen molar-refractivity contribution in [2.45, 2.75) is 53.1 Å². The van der Waals surface area contributed by atoms with Crippen LogP contribution < -0.4 is 10.9 Å². The largest absolute Gasteiger partial charge is 0.360 e. The van der Waals surface area contributed by atoms with Crippen LogP contribution in [0.5, 0.6) is 0 Å². The lowest BCUT2D eigenvalue weighted by Crippen LogP contribution is -2.34. The number of nitrogens with zero attached hydrogens (tertiary/aromatic N) is 3. The molecule has 2 aromatic rings. The molecule has 0 radical (unpaired) electrons. The van der Waals surface area contributed by atoms with Crippen LogP contribution in [0.15, 0.2) is 9.32 Å². The van der Waals surface area contributed by atoms with Gasteiger partial charge in [-0.15, -0.1) is 0 Å². The number of rotatable bonds is 5. The molecule has 2 rings (SSSR count). The van der Waals surface area contributed by atoms with Crippen molar-refractivity contribution in [3.63, 3.8) is 0 Å². The number of aromatic nitrogens is 3. The normalized spacial score (nSPS) is 12.6. The number of fused-ring (bicyclic) bond motifs is 1. The number of aryl methyl sites for hydroxylation is 3. The summed E-state index contributed by atoms with van der Waals surface area (Å²) in [6.07, 6.45) is 1.08. The summed E-state index contributed by atoms with van der Waals surface area (Å²) in [5.74, 6) is 0.487. The van der Waals surface area contributed by atoms with E-state index in [4.69, 9.17) is 4.52 Å². The van der Waals surface area contributed by atoms with Gasteiger partial charge in [0.2, 0.25) is 5.91 Å². The van der Waals surface area contributed by atoms with Crippen molar-refractivity contribution in [2.75, 3.05) is 0 Å². The summed E-state index contributed by atoms with van der Waals surface area (Å²) in [5.41, 5.74) is 0.608. The molecule has 114 valence electrons. The zero-order chi connectivity index (χ0) is 15.6. The molecule has 2 aromatic heterocycles. The van der Waals surface area contributed by atoms with Gasteiger partial charge in [-0.05, 0) is 27.2 Å². The van der Waals surface area contributed by atoms with E-state index in [1.165, 1.54) is 4.68 Å². The number of carbonyl (C=O) groups excluding carboxylic acids is 1. The minimum Gasteiger partial charge on any atom is -0.360 e. The zero-order valence-electron chi connectivity index (χ0n) is 12.8. The Balaban J connectivity index is 2.18. The third kappa shape index (κ3) is 3.12. The topological polar surface area (TPSA) is 90.0 Å². The molecule has 7 nitrogen and oxygen atoms in total. The molecule has 1 amide bonds. The maximum atomic E-state index is 12.2. The fourth-order valence-electron chi connectivity index (χ4n) is 2.15. The van der Waals surface area contributed by atoms with Crippen LogP contribution in [0.3, 0.4) is 0 Å². The number of hydrogen-bond acceptors (Lipinski definition) is 5. The maximum Gasteiger partial charge on any atom is 0.296 e. The lowest BCUT2D eigenvalue weighted by molar-refractivity contribution is -0.122. The zero-order valence-corrected chi connectivity index (χ0v) is 12.8. The van der Waals surface area contributed by atoms with E-state index in [9.17, 15) is 9.59 Å². The Kier molecular flexibility index (Phi) is 4.40. The minimum absolute atomic E-state index is 0.0906. The summed E-state index contributed by atoms with van der Waals surface area (Å²) in [6.45, 7) is 7.71. The molecule has 1 atom stereocenters. The van der Waals surface area contributed by atoms with E-state index >= 15 is 0 Å². The van der Waals surface area contributed by atoms with Crippen molar-refractivity contribution in [1.82, 2.24) is 20.3 Å². The van der Waals surface area contributed by atoms with Crippen molar-refractivity contribution in [3.05, 3.63) is 21.8 Å². The van der Waals surface area contributed by atoms with Gasteiger partial charge in [0.15, 0.2) is 5.52 Å². The Bertz CT molecular complexity index is 717. The predicted octanol–water partition coefficient (Wildman–Crippen LogP) is 1.31. The Morgan fingerprint density at radius 2 is 2.14 bits per heavy atom. The average molecular weight is 292 g/mol. The first-order valence-electron chi connectivity index (χ1n) is 7.07. The van der Waals surface area contributed by atoms with E-state index in [1.807, 2.05) is 13.8 Å². The average Bonchev–Trinajstić information content (AvgIpc) is 2.84. The fraction of sp³-hybridized carbons (Fsp3) is 0.571. The van der Waals surface area contributed by atoms with Crippen LogP contribution in [-0.4, -0.2) is 26.9 Å². The number of amides is 1. The monoisotopic (exact) mass is 292 g/mol. The second-order valence-corrected chi connectivity index (χ2v) is 5.20. The molecule has 0 aliphatic heterocycles. The first-order chi connectivity index (χ1) is 9.93. The summed E-state index contributed by atoms with van der Waals surface area (Å²) in [4.78, 5) is 24.0. The second-order valence-electron chi connectivity index (χ2n) is 5.20. The molecule has 0 spiro atoms. The molecule has 7 heteroatoms. The van der Waals surface area contributed by atoms with Crippen LogP contribution in [0.4, 0.5) is 0 Å². The molecule has 2 heterocycles. The molecule has 21 heavy (non-hydrogen) atoms. The van der Waals surface area contributed by atoms with Crippen LogP contribution in [0.25, 0.3) is 10.9 Å². The summed E-state index contributed by atoms with van der Waals surface area (Å²) >= 11 is 0. The highest BCUT2D eigenvalue weighted by atomic mass is 16.5. The van der Waals surface area contributed by atoms with Gasteiger partial charge in [0.1, 0.15) is 5.76 Å². The first-order valence-corrected chi connectivity index (χ1v) is 7.07. The Labute approximate surface area is 122 Å². The summed E-state index contributed by atoms with van der Waals surface area (Å²) in [7, 11) is 0. The Morgan fingerprint density at radius 1 is 1.43 bits per heavy atom. The third-order valence-electron chi connectivity index (χ3n) is 3.50. The van der Waals surface area contributed by atoms with Gasteiger partial charge in [-0.25, -0.2) is 4.68 Å². The lowest BCUT2D eigenvalue weighted by atomic mass is 10.2. The van der Waals surface area contributed by atoms with Crippen molar-refractivity contribution < 1.29 is 9.32 Å². The van der Waals surface area contributed by atoms with Gasteiger partial charge in [0.25, 0.3) is 5.56 Å². The molecule has 0 unspecified atom stereocenters. The summed E-state index contributed by atoms with van der Waals surface area (Å²) < 4.78 is 6.32. The highest BCUT2D eigenvalue weighted by Gasteiger charge is 2.15. The van der Waals surface area contributed by atoms with Crippen molar-refractivity contribution in [1.29, 1.82) is 0 Å². The molecule has 0 aliphatic carbocycles. The maximum absolute atomic E-state index is 12.2. The second kappa shape index (κ2) is 6.07. The standard InChI is InChI=1S/C14H20N4O3/c1-5-8(2)15-11(19)6-7-18-14(20)13-12(9(3)16-18)10(4)21-17-13/h8H,5-7H2,1-4H3,(H,15,19)/t8-/m0/s1. The number of carbonyl (C=O) groups is 1. The van der Waals surface area contributed by atoms with Crippen LogP contribution in [0.2, 0.25) is 0 Å². The molecule has 0 aromatic carbocycles. The third-order valence-corrected chi connectivity index (χ3v) is 3.50. The number of hydrogen-bond donors (Lipinski definition) is 1. The van der Waals surface area contributed by atoms with Gasteiger partial charge in [-0.1, -0.05) is 12.1 Å². The van der Waals surface area contributed by atoms with Gasteiger partial charge in [-0.3, -0.25) is 9.59 Å². The van der Waals surface area contributed by atoms with Gasteiger partial charge >= 0.3 is 0 Å². The van der Waals surface area contributed by atoms with Gasteiger partial charge in [0, 0.05) is 12.5 Å². The van der Waals surface area contributed by atoms with E-state index < -0.39 is 0 Å². The molecule has 0 bridgehead atoms. The van der Waals surface area contributed by atoms with E-state index in [-0.39, 0.29) is 36.0 Å². The quantitative estimate of drug-likeness (QED) is 0.897. The van der Waals surface area contributed by atoms with Crippen molar-refractivity contribution in [2.24, 2.45) is 0 Å². The first kappa shape index (κ1) is 15.2. The van der Waals surface area contributed by atoms with Gasteiger partial charge in [0.05, 0.1) is 17.6 Å². The fourth-order valence-corrected chi connectivity index (χ4v) is 2.15. The summed E-state index contributed by atoms with van der Waals surface area (Å²) in [6, 6.07) is 0.129. The Morgan fingerprint density at radius 3 is 2.81 bits per heavy atom. The molecule has 0 saturated carbocycles. The van der Waals surface area contributed by atoms with Crippen LogP contribution in [-0.2, 0) is 11.3 Å². The molecular weight excluding hydrogens is 272 g/mol. The van der Waals surface area contributed by atoms with Crippen molar-refractivity contribution >= 4 is 16.8 Å². The van der Waals surface area contributed by atoms with Crippen molar-refractivity contribution in [3.8, 4) is 0 Å². The highest BCUT2D eigenvalue weighted by Crippen LogP contribution is 2.16. The van der Waals surface area contributed by atoms with Crippen LogP contribution >= 0.6 is 0 Å². The van der Waals surface area contributed by atoms with Crippen LogP contribution in [0, 0.1) is 13.8 Å². The minimum atomic E-state index is -0.330. The van der Waals surface area contributed by atoms with Gasteiger partial charge < -0.3 is 9.84 Å². The van der Waals surface area contributed by atoms with E-state index in [2.05, 4.69) is 15.6 Å². The molecule has 0 aliphatic rings.